The summed E-state index contributed by atoms with van der Waals surface area (Å²) in [6.07, 6.45) is 0.535. The van der Waals surface area contributed by atoms with Crippen LogP contribution in [0.3, 0.4) is 0 Å². The van der Waals surface area contributed by atoms with Crippen LogP contribution in [0.5, 0.6) is 5.75 Å². The maximum atomic E-state index is 11.1. The number of ether oxygens (including phenoxy) is 1. The number of nitrogens with one attached hydrogen (secondary N) is 1. The van der Waals surface area contributed by atoms with Crippen molar-refractivity contribution in [2.75, 3.05) is 19.0 Å². The molecule has 0 aliphatic carbocycles. The third-order valence-electron chi connectivity index (χ3n) is 2.69. The number of hydrogen-bond acceptors (Lipinski definition) is 6. The molecular formula is C13H15N3O4. The van der Waals surface area contributed by atoms with Crippen LogP contribution < -0.4 is 10.1 Å². The Hall–Kier alpha value is -2.57. The second kappa shape index (κ2) is 6.05. The highest BCUT2D eigenvalue weighted by Crippen LogP contribution is 2.22. The van der Waals surface area contributed by atoms with Crippen molar-refractivity contribution in [3.8, 4) is 5.75 Å². The molecule has 0 amide bonds. The normalized spacial score (nSPS) is 10.3. The van der Waals surface area contributed by atoms with E-state index >= 15 is 0 Å². The molecule has 0 saturated carbocycles. The van der Waals surface area contributed by atoms with E-state index in [9.17, 15) is 4.79 Å². The van der Waals surface area contributed by atoms with Gasteiger partial charge in [-0.15, -0.1) is 0 Å². The van der Waals surface area contributed by atoms with Gasteiger partial charge in [0.05, 0.1) is 18.4 Å². The maximum absolute atomic E-state index is 11.1. The van der Waals surface area contributed by atoms with Crippen LogP contribution >= 0.6 is 0 Å². The Morgan fingerprint density at radius 3 is 2.90 bits per heavy atom. The minimum atomic E-state index is -0.995. The van der Waals surface area contributed by atoms with Crippen molar-refractivity contribution >= 4 is 11.7 Å². The predicted molar refractivity (Wildman–Crippen MR) is 71.2 cm³/mol. The van der Waals surface area contributed by atoms with E-state index in [1.165, 1.54) is 13.2 Å². The third kappa shape index (κ3) is 3.25. The number of carboxylic acids is 1. The molecule has 7 nitrogen and oxygen atoms in total. The van der Waals surface area contributed by atoms with Gasteiger partial charge in [0.2, 0.25) is 5.89 Å². The topological polar surface area (TPSA) is 97.5 Å². The van der Waals surface area contributed by atoms with Crippen LogP contribution in [0.1, 0.15) is 22.1 Å². The molecule has 0 unspecified atom stereocenters. The lowest BCUT2D eigenvalue weighted by Crippen LogP contribution is -2.10. The summed E-state index contributed by atoms with van der Waals surface area (Å²) < 4.78 is 9.95. The van der Waals surface area contributed by atoms with Gasteiger partial charge < -0.3 is 19.7 Å². The Bertz CT molecular complexity index is 609. The van der Waals surface area contributed by atoms with Crippen LogP contribution in [-0.4, -0.2) is 34.9 Å². The molecule has 1 aromatic carbocycles. The molecule has 0 spiro atoms. The van der Waals surface area contributed by atoms with Crippen molar-refractivity contribution in [2.24, 2.45) is 0 Å². The van der Waals surface area contributed by atoms with E-state index in [2.05, 4.69) is 15.5 Å². The van der Waals surface area contributed by atoms with Crippen molar-refractivity contribution in [3.05, 3.63) is 35.5 Å². The van der Waals surface area contributed by atoms with Gasteiger partial charge in [-0.05, 0) is 12.1 Å². The first kappa shape index (κ1) is 13.9. The fourth-order valence-corrected chi connectivity index (χ4v) is 1.73. The Morgan fingerprint density at radius 2 is 2.30 bits per heavy atom. The molecule has 0 aliphatic rings. The van der Waals surface area contributed by atoms with Crippen molar-refractivity contribution in [1.29, 1.82) is 0 Å². The average molecular weight is 277 g/mol. The molecule has 0 saturated heterocycles. The van der Waals surface area contributed by atoms with Gasteiger partial charge in [0.15, 0.2) is 5.82 Å². The molecular weight excluding hydrogens is 262 g/mol. The lowest BCUT2D eigenvalue weighted by Gasteiger charge is -2.10. The lowest BCUT2D eigenvalue weighted by atomic mass is 10.1. The molecule has 20 heavy (non-hydrogen) atoms. The van der Waals surface area contributed by atoms with Gasteiger partial charge in [0.25, 0.3) is 0 Å². The molecule has 106 valence electrons. The van der Waals surface area contributed by atoms with E-state index in [1.807, 2.05) is 0 Å². The van der Waals surface area contributed by atoms with Gasteiger partial charge in [-0.2, -0.15) is 4.98 Å². The summed E-state index contributed by atoms with van der Waals surface area (Å²) in [6.45, 7) is 2.21. The Morgan fingerprint density at radius 1 is 1.50 bits per heavy atom. The molecule has 0 fully saturated rings. The van der Waals surface area contributed by atoms with Crippen LogP contribution in [-0.2, 0) is 6.42 Å². The average Bonchev–Trinajstić information content (AvgIpc) is 2.84. The largest absolute Gasteiger partial charge is 0.497 e. The van der Waals surface area contributed by atoms with Crippen molar-refractivity contribution in [2.45, 2.75) is 13.3 Å². The molecule has 2 N–H and O–H groups in total. The number of carboxylic acid groups (broad SMARTS) is 1. The van der Waals surface area contributed by atoms with Gasteiger partial charge >= 0.3 is 5.97 Å². The Balaban J connectivity index is 2.05. The number of aromatic carboxylic acids is 1. The van der Waals surface area contributed by atoms with Crippen molar-refractivity contribution < 1.29 is 19.2 Å². The van der Waals surface area contributed by atoms with Crippen LogP contribution in [0.4, 0.5) is 5.69 Å². The molecule has 0 atom stereocenters. The van der Waals surface area contributed by atoms with E-state index < -0.39 is 5.97 Å². The third-order valence-corrected chi connectivity index (χ3v) is 2.69. The van der Waals surface area contributed by atoms with Gasteiger partial charge in [0, 0.05) is 26.0 Å². The van der Waals surface area contributed by atoms with Gasteiger partial charge in [-0.25, -0.2) is 4.79 Å². The highest BCUT2D eigenvalue weighted by Gasteiger charge is 2.11. The molecule has 0 aliphatic heterocycles. The summed E-state index contributed by atoms with van der Waals surface area (Å²) in [5.41, 5.74) is 0.687. The zero-order valence-electron chi connectivity index (χ0n) is 11.2. The summed E-state index contributed by atoms with van der Waals surface area (Å²) in [4.78, 5) is 15.2. The molecule has 0 radical (unpaired) electrons. The number of nitrogens with zero attached hydrogens (tertiary/aromatic N) is 2. The van der Waals surface area contributed by atoms with Gasteiger partial charge in [0.1, 0.15) is 5.75 Å². The number of rotatable bonds is 6. The van der Waals surface area contributed by atoms with Gasteiger partial charge in [-0.3, -0.25) is 0 Å². The first-order chi connectivity index (χ1) is 9.60. The molecule has 1 aromatic heterocycles. The molecule has 7 heteroatoms. The second-order valence-corrected chi connectivity index (χ2v) is 4.12. The number of aryl methyl sites for hydroxylation is 1. The molecule has 2 rings (SSSR count). The van der Waals surface area contributed by atoms with Gasteiger partial charge in [-0.1, -0.05) is 5.16 Å². The first-order valence-electron chi connectivity index (χ1n) is 6.04. The van der Waals surface area contributed by atoms with E-state index in [4.69, 9.17) is 14.4 Å². The number of anilines is 1. The fraction of sp³-hybridized carbons (Fsp3) is 0.308. The predicted octanol–water partition coefficient (Wildman–Crippen LogP) is 1.74. The number of aromatic nitrogens is 2. The van der Waals surface area contributed by atoms with E-state index in [0.717, 1.165) is 0 Å². The summed E-state index contributed by atoms with van der Waals surface area (Å²) in [5.74, 6) is 0.681. The fourth-order valence-electron chi connectivity index (χ4n) is 1.73. The van der Waals surface area contributed by atoms with Crippen molar-refractivity contribution in [1.82, 2.24) is 10.1 Å². The zero-order chi connectivity index (χ0) is 14.5. The minimum absolute atomic E-state index is 0.190. The highest BCUT2D eigenvalue weighted by molar-refractivity contribution is 5.94. The minimum Gasteiger partial charge on any atom is -0.497 e. The van der Waals surface area contributed by atoms with Crippen LogP contribution in [0, 0.1) is 6.92 Å². The van der Waals surface area contributed by atoms with Crippen LogP contribution in [0.2, 0.25) is 0 Å². The summed E-state index contributed by atoms with van der Waals surface area (Å²) in [6, 6.07) is 4.75. The van der Waals surface area contributed by atoms with Crippen molar-refractivity contribution in [3.63, 3.8) is 0 Å². The Labute approximate surface area is 115 Å². The number of hydrogen-bond donors (Lipinski definition) is 2. The first-order valence-corrected chi connectivity index (χ1v) is 6.04. The summed E-state index contributed by atoms with van der Waals surface area (Å²) in [7, 11) is 1.53. The molecule has 2 aromatic rings. The highest BCUT2D eigenvalue weighted by atomic mass is 16.5. The van der Waals surface area contributed by atoms with Crippen LogP contribution in [0.15, 0.2) is 22.7 Å². The standard InChI is InChI=1S/C13H15N3O4/c1-8-15-12(16-20-8)5-6-14-11-7-9(19-2)3-4-10(11)13(17)18/h3-4,7,14H,5-6H2,1-2H3,(H,17,18). The number of methoxy groups -OCH3 is 1. The SMILES string of the molecule is COc1ccc(C(=O)O)c(NCCc2noc(C)n2)c1. The van der Waals surface area contributed by atoms with E-state index in [1.54, 1.807) is 19.1 Å². The monoisotopic (exact) mass is 277 g/mol. The Kier molecular flexibility index (Phi) is 4.19. The lowest BCUT2D eigenvalue weighted by molar-refractivity contribution is 0.0698. The zero-order valence-corrected chi connectivity index (χ0v) is 11.2. The second-order valence-electron chi connectivity index (χ2n) is 4.12. The van der Waals surface area contributed by atoms with Crippen LogP contribution in [0.25, 0.3) is 0 Å². The summed E-state index contributed by atoms with van der Waals surface area (Å²) in [5, 5.41) is 15.9. The summed E-state index contributed by atoms with van der Waals surface area (Å²) >= 11 is 0. The number of carbonyl (C=O) groups is 1. The smallest absolute Gasteiger partial charge is 0.337 e. The molecule has 1 heterocycles. The number of benzene rings is 1. The van der Waals surface area contributed by atoms with E-state index in [0.29, 0.717) is 36.1 Å². The maximum Gasteiger partial charge on any atom is 0.337 e. The van der Waals surface area contributed by atoms with E-state index in [-0.39, 0.29) is 5.56 Å². The molecule has 0 bridgehead atoms. The quantitative estimate of drug-likeness (QED) is 0.829.